The third kappa shape index (κ3) is 5.82. The minimum Gasteiger partial charge on any atom is -0.352 e. The summed E-state index contributed by atoms with van der Waals surface area (Å²) in [6.45, 7) is 6.83. The second-order valence-electron chi connectivity index (χ2n) is 6.57. The summed E-state index contributed by atoms with van der Waals surface area (Å²) >= 11 is 9.57. The number of halogens is 2. The minimum atomic E-state index is -0.0205. The Morgan fingerprint density at radius 1 is 1.48 bits per heavy atom. The first-order chi connectivity index (χ1) is 10.9. The molecule has 2 atom stereocenters. The summed E-state index contributed by atoms with van der Waals surface area (Å²) in [5.74, 6) is 1.52. The predicted octanol–water partition coefficient (Wildman–Crippen LogP) is 5.48. The molecule has 1 saturated carbocycles. The number of carbonyl (C=O) groups is 1. The Morgan fingerprint density at radius 3 is 2.87 bits per heavy atom. The first-order valence-electron chi connectivity index (χ1n) is 7.96. The third-order valence-electron chi connectivity index (χ3n) is 3.86. The van der Waals surface area contributed by atoms with Crippen LogP contribution in [0.15, 0.2) is 46.5 Å². The quantitative estimate of drug-likeness (QED) is 0.500. The topological polar surface area (TPSA) is 29.1 Å². The molecule has 0 bridgehead atoms. The Morgan fingerprint density at radius 2 is 2.22 bits per heavy atom. The summed E-state index contributed by atoms with van der Waals surface area (Å²) in [5.41, 5.74) is 2.26. The molecule has 1 aromatic rings. The normalized spacial score (nSPS) is 21.0. The van der Waals surface area contributed by atoms with Gasteiger partial charge < -0.3 is 5.32 Å². The molecule has 0 aromatic heterocycles. The Hall–Kier alpha value is -1.06. The Labute approximate surface area is 152 Å². The van der Waals surface area contributed by atoms with Crippen molar-refractivity contribution in [2.75, 3.05) is 6.54 Å². The highest BCUT2D eigenvalue weighted by atomic mass is 79.9. The smallest absolute Gasteiger partial charge is 0.244 e. The maximum atomic E-state index is 11.7. The summed E-state index contributed by atoms with van der Waals surface area (Å²) in [7, 11) is 0. The van der Waals surface area contributed by atoms with Crippen molar-refractivity contribution in [3.05, 3.63) is 57.1 Å². The number of hydrogen-bond donors (Lipinski definition) is 1. The van der Waals surface area contributed by atoms with E-state index in [4.69, 9.17) is 11.6 Å². The Balaban J connectivity index is 1.87. The van der Waals surface area contributed by atoms with Crippen LogP contribution in [0.5, 0.6) is 0 Å². The maximum absolute atomic E-state index is 11.7. The molecule has 1 fully saturated rings. The summed E-state index contributed by atoms with van der Waals surface area (Å²) in [6, 6.07) is 6.16. The monoisotopic (exact) mass is 395 g/mol. The molecule has 1 N–H and O–H groups in total. The van der Waals surface area contributed by atoms with Crippen LogP contribution >= 0.6 is 27.5 Å². The zero-order valence-electron chi connectivity index (χ0n) is 13.8. The van der Waals surface area contributed by atoms with E-state index in [2.05, 4.69) is 47.2 Å². The Kier molecular flexibility index (Phi) is 6.49. The van der Waals surface area contributed by atoms with Crippen LogP contribution < -0.4 is 5.32 Å². The third-order valence-corrected chi connectivity index (χ3v) is 5.09. The van der Waals surface area contributed by atoms with Crippen molar-refractivity contribution < 1.29 is 4.79 Å². The summed E-state index contributed by atoms with van der Waals surface area (Å²) in [4.78, 5) is 11.7. The molecular weight excluding hydrogens is 374 g/mol. The molecule has 0 heterocycles. The highest BCUT2D eigenvalue weighted by Gasteiger charge is 2.36. The van der Waals surface area contributed by atoms with E-state index in [-0.39, 0.29) is 5.91 Å². The molecule has 4 heteroatoms. The molecule has 0 radical (unpaired) electrons. The molecule has 2 unspecified atom stereocenters. The Bertz CT molecular complexity index is 636. The first-order valence-corrected chi connectivity index (χ1v) is 9.13. The van der Waals surface area contributed by atoms with E-state index in [0.717, 1.165) is 21.5 Å². The van der Waals surface area contributed by atoms with Crippen LogP contribution in [0.1, 0.15) is 38.7 Å². The van der Waals surface area contributed by atoms with Gasteiger partial charge in [-0.1, -0.05) is 43.7 Å². The number of rotatable bonds is 6. The molecule has 1 aromatic carbocycles. The van der Waals surface area contributed by atoms with Crippen LogP contribution in [0.4, 0.5) is 0 Å². The highest BCUT2D eigenvalue weighted by Crippen LogP contribution is 2.49. The molecule has 0 spiro atoms. The van der Waals surface area contributed by atoms with Crippen molar-refractivity contribution in [1.29, 1.82) is 0 Å². The lowest BCUT2D eigenvalue weighted by Gasteiger charge is -2.04. The first kappa shape index (κ1) is 18.3. The number of benzene rings is 1. The fraction of sp³-hybridized carbons (Fsp3) is 0.421. The molecule has 2 nitrogen and oxygen atoms in total. The number of nitrogens with one attached hydrogen (secondary N) is 1. The highest BCUT2D eigenvalue weighted by molar-refractivity contribution is 9.10. The van der Waals surface area contributed by atoms with Crippen LogP contribution in [-0.2, 0) is 4.79 Å². The standard InChI is InChI=1S/C19H23BrClNO/c1-12(2)11-22-19(23)8-13(3)4-5-14-9-16(14)15-6-7-17(20)18(21)10-15/h4-8,10,12,14,16H,9,11H2,1-3H3,(H,22,23)/b5-4+,13-8+. The summed E-state index contributed by atoms with van der Waals surface area (Å²) in [6.07, 6.45) is 7.04. The number of allylic oxidation sites excluding steroid dienone is 3. The lowest BCUT2D eigenvalue weighted by Crippen LogP contribution is -2.25. The van der Waals surface area contributed by atoms with Crippen molar-refractivity contribution in [2.45, 2.75) is 33.1 Å². The van der Waals surface area contributed by atoms with Gasteiger partial charge in [0.2, 0.25) is 5.91 Å². The molecule has 0 saturated heterocycles. The van der Waals surface area contributed by atoms with Crippen LogP contribution in [0.25, 0.3) is 0 Å². The van der Waals surface area contributed by atoms with Crippen molar-refractivity contribution in [3.8, 4) is 0 Å². The second kappa shape index (κ2) is 8.16. The molecule has 2 rings (SSSR count). The van der Waals surface area contributed by atoms with E-state index >= 15 is 0 Å². The number of hydrogen-bond acceptors (Lipinski definition) is 1. The van der Waals surface area contributed by atoms with Crippen LogP contribution in [0.2, 0.25) is 5.02 Å². The molecule has 0 aliphatic heterocycles. The predicted molar refractivity (Wildman–Crippen MR) is 101 cm³/mol. The maximum Gasteiger partial charge on any atom is 0.244 e. The molecule has 1 amide bonds. The van der Waals surface area contributed by atoms with Gasteiger partial charge in [0.25, 0.3) is 0 Å². The van der Waals surface area contributed by atoms with Gasteiger partial charge in [-0.15, -0.1) is 0 Å². The van der Waals surface area contributed by atoms with E-state index in [1.165, 1.54) is 5.56 Å². The van der Waals surface area contributed by atoms with Crippen molar-refractivity contribution in [3.63, 3.8) is 0 Å². The molecule has 1 aliphatic carbocycles. The fourth-order valence-electron chi connectivity index (χ4n) is 2.44. The molecule has 23 heavy (non-hydrogen) atoms. The van der Waals surface area contributed by atoms with Crippen molar-refractivity contribution >= 4 is 33.4 Å². The summed E-state index contributed by atoms with van der Waals surface area (Å²) < 4.78 is 0.932. The fourth-order valence-corrected chi connectivity index (χ4v) is 2.88. The zero-order valence-corrected chi connectivity index (χ0v) is 16.1. The van der Waals surface area contributed by atoms with Gasteiger partial charge >= 0.3 is 0 Å². The minimum absolute atomic E-state index is 0.0205. The van der Waals surface area contributed by atoms with Crippen LogP contribution in [0, 0.1) is 11.8 Å². The van der Waals surface area contributed by atoms with Gasteiger partial charge in [-0.3, -0.25) is 4.79 Å². The van der Waals surface area contributed by atoms with Gasteiger partial charge in [0.15, 0.2) is 0 Å². The lowest BCUT2D eigenvalue weighted by atomic mass is 10.1. The molecular formula is C19H23BrClNO. The number of carbonyl (C=O) groups excluding carboxylic acids is 1. The summed E-state index contributed by atoms with van der Waals surface area (Å²) in [5, 5.41) is 3.65. The van der Waals surface area contributed by atoms with Crippen LogP contribution in [-0.4, -0.2) is 12.5 Å². The van der Waals surface area contributed by atoms with E-state index in [1.807, 2.05) is 25.1 Å². The second-order valence-corrected chi connectivity index (χ2v) is 7.83. The van der Waals surface area contributed by atoms with Gasteiger partial charge in [-0.05, 0) is 70.3 Å². The van der Waals surface area contributed by atoms with E-state index < -0.39 is 0 Å². The van der Waals surface area contributed by atoms with Crippen molar-refractivity contribution in [1.82, 2.24) is 5.32 Å². The van der Waals surface area contributed by atoms with Crippen molar-refractivity contribution in [2.24, 2.45) is 11.8 Å². The van der Waals surface area contributed by atoms with Gasteiger partial charge in [0.05, 0.1) is 5.02 Å². The van der Waals surface area contributed by atoms with Gasteiger partial charge in [0.1, 0.15) is 0 Å². The SMILES string of the molecule is CC(/C=C/C1CC1c1ccc(Br)c(Cl)c1)=C\C(=O)NCC(C)C. The molecule has 124 valence electrons. The molecule has 1 aliphatic rings. The van der Waals surface area contributed by atoms with Gasteiger partial charge in [0, 0.05) is 17.1 Å². The van der Waals surface area contributed by atoms with Gasteiger partial charge in [-0.25, -0.2) is 0 Å². The lowest BCUT2D eigenvalue weighted by molar-refractivity contribution is -0.116. The van der Waals surface area contributed by atoms with Gasteiger partial charge in [-0.2, -0.15) is 0 Å². The average Bonchev–Trinajstić information content (AvgIpc) is 3.25. The van der Waals surface area contributed by atoms with Crippen LogP contribution in [0.3, 0.4) is 0 Å². The largest absolute Gasteiger partial charge is 0.352 e. The number of amides is 1. The van der Waals surface area contributed by atoms with E-state index in [9.17, 15) is 4.79 Å². The van der Waals surface area contributed by atoms with E-state index in [1.54, 1.807) is 6.08 Å². The average molecular weight is 397 g/mol. The zero-order chi connectivity index (χ0) is 17.0. The van der Waals surface area contributed by atoms with E-state index in [0.29, 0.717) is 24.3 Å².